The van der Waals surface area contributed by atoms with Gasteiger partial charge in [-0.3, -0.25) is 9.78 Å². The Morgan fingerprint density at radius 1 is 1.10 bits per heavy atom. The number of amides is 1. The minimum Gasteiger partial charge on any atom is -0.366 e. The van der Waals surface area contributed by atoms with Gasteiger partial charge >= 0.3 is 6.18 Å². The van der Waals surface area contributed by atoms with E-state index in [1.165, 1.54) is 18.2 Å². The van der Waals surface area contributed by atoms with Crippen LogP contribution in [0.5, 0.6) is 0 Å². The second-order valence-electron chi connectivity index (χ2n) is 3.95. The normalized spacial score (nSPS) is 11.4. The molecular formula is C13H8F4N2O. The van der Waals surface area contributed by atoms with Crippen molar-refractivity contribution in [2.45, 2.75) is 6.18 Å². The number of nitrogens with zero attached hydrogens (tertiary/aromatic N) is 1. The van der Waals surface area contributed by atoms with Crippen LogP contribution in [0.1, 0.15) is 16.1 Å². The van der Waals surface area contributed by atoms with E-state index < -0.39 is 29.2 Å². The van der Waals surface area contributed by atoms with E-state index in [1.54, 1.807) is 0 Å². The maximum Gasteiger partial charge on any atom is 0.434 e. The van der Waals surface area contributed by atoms with Crippen LogP contribution < -0.4 is 5.73 Å². The molecule has 0 fully saturated rings. The summed E-state index contributed by atoms with van der Waals surface area (Å²) in [6.07, 6.45) is -3.88. The smallest absolute Gasteiger partial charge is 0.366 e. The lowest BCUT2D eigenvalue weighted by Gasteiger charge is -2.13. The fourth-order valence-corrected chi connectivity index (χ4v) is 1.80. The second-order valence-corrected chi connectivity index (χ2v) is 3.95. The summed E-state index contributed by atoms with van der Waals surface area (Å²) in [6, 6.07) is 5.90. The number of carbonyl (C=O) groups is 1. The second kappa shape index (κ2) is 4.92. The van der Waals surface area contributed by atoms with Gasteiger partial charge in [-0.15, -0.1) is 0 Å². The van der Waals surface area contributed by atoms with Crippen molar-refractivity contribution < 1.29 is 22.4 Å². The molecule has 0 saturated heterocycles. The standard InChI is InChI=1S/C13H8F4N2O/c14-8-3-1-7(2-4-8)9-5-6-19-11(13(15,16)17)10(9)12(18)20/h1-6H,(H2,18,20). The van der Waals surface area contributed by atoms with E-state index in [9.17, 15) is 22.4 Å². The van der Waals surface area contributed by atoms with Crippen LogP contribution in [0.15, 0.2) is 36.5 Å². The number of hydrogen-bond acceptors (Lipinski definition) is 2. The molecular weight excluding hydrogens is 276 g/mol. The van der Waals surface area contributed by atoms with Gasteiger partial charge in [-0.2, -0.15) is 13.2 Å². The van der Waals surface area contributed by atoms with Gasteiger partial charge < -0.3 is 5.73 Å². The SMILES string of the molecule is NC(=O)c1c(-c2ccc(F)cc2)ccnc1C(F)(F)F. The van der Waals surface area contributed by atoms with E-state index >= 15 is 0 Å². The zero-order valence-corrected chi connectivity index (χ0v) is 9.91. The first-order valence-electron chi connectivity index (χ1n) is 5.42. The van der Waals surface area contributed by atoms with Crippen LogP contribution >= 0.6 is 0 Å². The molecule has 0 spiro atoms. The highest BCUT2D eigenvalue weighted by molar-refractivity contribution is 6.01. The summed E-state index contributed by atoms with van der Waals surface area (Å²) >= 11 is 0. The Hall–Kier alpha value is -2.44. The van der Waals surface area contributed by atoms with Crippen molar-refractivity contribution in [1.29, 1.82) is 0 Å². The summed E-state index contributed by atoms with van der Waals surface area (Å²) in [5.41, 5.74) is 3.14. The molecule has 0 atom stereocenters. The number of aromatic nitrogens is 1. The van der Waals surface area contributed by atoms with Crippen molar-refractivity contribution in [1.82, 2.24) is 4.98 Å². The number of benzene rings is 1. The van der Waals surface area contributed by atoms with Gasteiger partial charge in [-0.05, 0) is 29.3 Å². The Morgan fingerprint density at radius 3 is 2.20 bits per heavy atom. The van der Waals surface area contributed by atoms with Gasteiger partial charge in [0.2, 0.25) is 0 Å². The largest absolute Gasteiger partial charge is 0.434 e. The molecule has 3 nitrogen and oxygen atoms in total. The topological polar surface area (TPSA) is 56.0 Å². The van der Waals surface area contributed by atoms with Gasteiger partial charge in [0.25, 0.3) is 5.91 Å². The number of nitrogens with two attached hydrogens (primary N) is 1. The number of hydrogen-bond donors (Lipinski definition) is 1. The fraction of sp³-hybridized carbons (Fsp3) is 0.0769. The van der Waals surface area contributed by atoms with Crippen LogP contribution in [0.25, 0.3) is 11.1 Å². The van der Waals surface area contributed by atoms with Crippen molar-refractivity contribution in [3.05, 3.63) is 53.6 Å². The highest BCUT2D eigenvalue weighted by atomic mass is 19.4. The Kier molecular flexibility index (Phi) is 3.44. The summed E-state index contributed by atoms with van der Waals surface area (Å²) < 4.78 is 51.4. The molecule has 0 saturated carbocycles. The molecule has 0 aliphatic rings. The Balaban J connectivity index is 2.71. The molecule has 2 rings (SSSR count). The van der Waals surface area contributed by atoms with Crippen LogP contribution in [0.2, 0.25) is 0 Å². The molecule has 0 radical (unpaired) electrons. The zero-order valence-electron chi connectivity index (χ0n) is 9.91. The number of primary amides is 1. The first kappa shape index (κ1) is 14.0. The molecule has 1 heterocycles. The van der Waals surface area contributed by atoms with Crippen molar-refractivity contribution in [3.8, 4) is 11.1 Å². The van der Waals surface area contributed by atoms with Gasteiger partial charge in [0, 0.05) is 6.20 Å². The molecule has 2 N–H and O–H groups in total. The Morgan fingerprint density at radius 2 is 1.70 bits per heavy atom. The quantitative estimate of drug-likeness (QED) is 0.862. The van der Waals surface area contributed by atoms with E-state index in [4.69, 9.17) is 5.73 Å². The number of alkyl halides is 3. The van der Waals surface area contributed by atoms with Crippen molar-refractivity contribution in [2.75, 3.05) is 0 Å². The average Bonchev–Trinajstić information content (AvgIpc) is 2.37. The molecule has 7 heteroatoms. The summed E-state index contributed by atoms with van der Waals surface area (Å²) in [5.74, 6) is -1.79. The van der Waals surface area contributed by atoms with E-state index in [-0.39, 0.29) is 11.1 Å². The summed E-state index contributed by atoms with van der Waals surface area (Å²) in [5, 5.41) is 0. The maximum absolute atomic E-state index is 12.8. The third-order valence-electron chi connectivity index (χ3n) is 2.62. The molecule has 104 valence electrons. The van der Waals surface area contributed by atoms with Crippen LogP contribution in [0.4, 0.5) is 17.6 Å². The van der Waals surface area contributed by atoms with Crippen LogP contribution in [0, 0.1) is 5.82 Å². The zero-order chi connectivity index (χ0) is 14.9. The van der Waals surface area contributed by atoms with Gasteiger partial charge in [-0.1, -0.05) is 12.1 Å². The third-order valence-corrected chi connectivity index (χ3v) is 2.62. The molecule has 1 amide bonds. The van der Waals surface area contributed by atoms with Gasteiger partial charge in [-0.25, -0.2) is 4.39 Å². The van der Waals surface area contributed by atoms with E-state index in [2.05, 4.69) is 4.98 Å². The molecule has 2 aromatic rings. The van der Waals surface area contributed by atoms with Gasteiger partial charge in [0.05, 0.1) is 5.56 Å². The number of rotatable bonds is 2. The highest BCUT2D eigenvalue weighted by Gasteiger charge is 2.38. The van der Waals surface area contributed by atoms with E-state index in [0.29, 0.717) is 0 Å². The molecule has 0 unspecified atom stereocenters. The highest BCUT2D eigenvalue weighted by Crippen LogP contribution is 2.34. The van der Waals surface area contributed by atoms with Crippen LogP contribution in [0.3, 0.4) is 0 Å². The first-order chi connectivity index (χ1) is 9.30. The molecule has 0 bridgehead atoms. The van der Waals surface area contributed by atoms with Gasteiger partial charge in [0.1, 0.15) is 5.82 Å². The number of halogens is 4. The van der Waals surface area contributed by atoms with Gasteiger partial charge in [0.15, 0.2) is 5.69 Å². The summed E-state index contributed by atoms with van der Waals surface area (Å²) in [4.78, 5) is 14.5. The number of carbonyl (C=O) groups excluding carboxylic acids is 1. The molecule has 0 aliphatic heterocycles. The monoisotopic (exact) mass is 284 g/mol. The Bertz CT molecular complexity index is 650. The summed E-state index contributed by atoms with van der Waals surface area (Å²) in [6.45, 7) is 0. The average molecular weight is 284 g/mol. The minimum absolute atomic E-state index is 0.0418. The first-order valence-corrected chi connectivity index (χ1v) is 5.42. The van der Waals surface area contributed by atoms with Crippen LogP contribution in [-0.2, 0) is 6.18 Å². The molecule has 1 aromatic heterocycles. The lowest BCUT2D eigenvalue weighted by molar-refractivity contribution is -0.141. The van der Waals surface area contributed by atoms with Crippen molar-refractivity contribution >= 4 is 5.91 Å². The van der Waals surface area contributed by atoms with Crippen molar-refractivity contribution in [3.63, 3.8) is 0 Å². The Labute approximate surface area is 111 Å². The van der Waals surface area contributed by atoms with Crippen LogP contribution in [-0.4, -0.2) is 10.9 Å². The molecule has 1 aromatic carbocycles. The predicted octanol–water partition coefficient (Wildman–Crippen LogP) is 3.01. The minimum atomic E-state index is -4.81. The van der Waals surface area contributed by atoms with Crippen molar-refractivity contribution in [2.24, 2.45) is 5.73 Å². The third kappa shape index (κ3) is 2.61. The lowest BCUT2D eigenvalue weighted by atomic mass is 9.98. The van der Waals surface area contributed by atoms with E-state index in [1.807, 2.05) is 0 Å². The maximum atomic E-state index is 12.8. The predicted molar refractivity (Wildman–Crippen MR) is 63.2 cm³/mol. The summed E-state index contributed by atoms with van der Waals surface area (Å²) in [7, 11) is 0. The van der Waals surface area contributed by atoms with E-state index in [0.717, 1.165) is 18.3 Å². The lowest BCUT2D eigenvalue weighted by Crippen LogP contribution is -2.21. The number of pyridine rings is 1. The molecule has 20 heavy (non-hydrogen) atoms. The fourth-order valence-electron chi connectivity index (χ4n) is 1.80. The molecule has 0 aliphatic carbocycles.